The first-order valence-corrected chi connectivity index (χ1v) is 6.93. The summed E-state index contributed by atoms with van der Waals surface area (Å²) in [5.41, 5.74) is 1.68. The zero-order valence-corrected chi connectivity index (χ0v) is 12.2. The van der Waals surface area contributed by atoms with Crippen LogP contribution < -0.4 is 0 Å². The van der Waals surface area contributed by atoms with Gasteiger partial charge in [0.1, 0.15) is 5.69 Å². The maximum absolute atomic E-state index is 12.0. The van der Waals surface area contributed by atoms with E-state index in [1.807, 2.05) is 35.8 Å². The average Bonchev–Trinajstić information content (AvgIpc) is 2.70. The van der Waals surface area contributed by atoms with Gasteiger partial charge in [0.25, 0.3) is 0 Å². The van der Waals surface area contributed by atoms with E-state index in [1.165, 1.54) is 0 Å². The van der Waals surface area contributed by atoms with Gasteiger partial charge in [-0.2, -0.15) is 0 Å². The second-order valence-corrected chi connectivity index (χ2v) is 4.93. The lowest BCUT2D eigenvalue weighted by Crippen LogP contribution is -2.12. The van der Waals surface area contributed by atoms with Crippen molar-refractivity contribution >= 4 is 32.8 Å². The molecule has 0 radical (unpaired) electrons. The lowest BCUT2D eigenvalue weighted by molar-refractivity contribution is 0.0514. The lowest BCUT2D eigenvalue weighted by atomic mass is 10.2. The van der Waals surface area contributed by atoms with Crippen molar-refractivity contribution in [3.8, 4) is 0 Å². The Morgan fingerprint density at radius 1 is 1.39 bits per heavy atom. The molecule has 4 heteroatoms. The number of carbonyl (C=O) groups excluding carboxylic acids is 1. The third kappa shape index (κ3) is 2.29. The molecule has 96 valence electrons. The predicted molar refractivity (Wildman–Crippen MR) is 75.9 cm³/mol. The van der Waals surface area contributed by atoms with E-state index in [2.05, 4.69) is 22.9 Å². The Bertz CT molecular complexity index is 574. The fourth-order valence-corrected chi connectivity index (χ4v) is 2.70. The maximum atomic E-state index is 12.0. The summed E-state index contributed by atoms with van der Waals surface area (Å²) in [6.07, 6.45) is 0.970. The number of nitrogens with zero attached hydrogens (tertiary/aromatic N) is 1. The molecule has 1 heterocycles. The molecule has 0 aliphatic rings. The van der Waals surface area contributed by atoms with Crippen LogP contribution in [0.4, 0.5) is 0 Å². The second kappa shape index (κ2) is 5.57. The minimum Gasteiger partial charge on any atom is -0.461 e. The first-order chi connectivity index (χ1) is 8.69. The quantitative estimate of drug-likeness (QED) is 0.800. The summed E-state index contributed by atoms with van der Waals surface area (Å²) < 4.78 is 8.14. The molecule has 0 atom stereocenters. The number of carbonyl (C=O) groups is 1. The van der Waals surface area contributed by atoms with Crippen LogP contribution in [0.3, 0.4) is 0 Å². The van der Waals surface area contributed by atoms with Gasteiger partial charge in [0, 0.05) is 16.4 Å². The molecule has 0 N–H and O–H groups in total. The minimum atomic E-state index is -0.256. The minimum absolute atomic E-state index is 0.256. The molecule has 0 aliphatic carbocycles. The lowest BCUT2D eigenvalue weighted by Gasteiger charge is -2.09. The van der Waals surface area contributed by atoms with Gasteiger partial charge in [-0.05, 0) is 41.4 Å². The number of halogens is 1. The van der Waals surface area contributed by atoms with Gasteiger partial charge in [-0.25, -0.2) is 4.79 Å². The van der Waals surface area contributed by atoms with Crippen molar-refractivity contribution in [3.63, 3.8) is 0 Å². The van der Waals surface area contributed by atoms with E-state index in [-0.39, 0.29) is 5.97 Å². The van der Waals surface area contributed by atoms with Crippen LogP contribution in [0.25, 0.3) is 10.9 Å². The van der Waals surface area contributed by atoms with E-state index < -0.39 is 0 Å². The van der Waals surface area contributed by atoms with Crippen LogP contribution in [0.15, 0.2) is 28.7 Å². The molecule has 1 aromatic carbocycles. The maximum Gasteiger partial charge on any atom is 0.354 e. The topological polar surface area (TPSA) is 31.2 Å². The van der Waals surface area contributed by atoms with Crippen molar-refractivity contribution < 1.29 is 9.53 Å². The number of esters is 1. The normalized spacial score (nSPS) is 10.8. The zero-order valence-electron chi connectivity index (χ0n) is 10.6. The van der Waals surface area contributed by atoms with Gasteiger partial charge < -0.3 is 9.30 Å². The van der Waals surface area contributed by atoms with Gasteiger partial charge >= 0.3 is 5.97 Å². The van der Waals surface area contributed by atoms with Crippen LogP contribution in [0.5, 0.6) is 0 Å². The van der Waals surface area contributed by atoms with Crippen LogP contribution in [0.1, 0.15) is 30.8 Å². The number of benzene rings is 1. The summed E-state index contributed by atoms with van der Waals surface area (Å²) in [7, 11) is 0. The van der Waals surface area contributed by atoms with Crippen molar-refractivity contribution in [2.45, 2.75) is 26.8 Å². The molecule has 2 rings (SSSR count). The zero-order chi connectivity index (χ0) is 13.1. The molecule has 1 aromatic heterocycles. The monoisotopic (exact) mass is 309 g/mol. The fourth-order valence-electron chi connectivity index (χ4n) is 2.11. The third-order valence-corrected chi connectivity index (χ3v) is 3.44. The molecule has 18 heavy (non-hydrogen) atoms. The molecule has 0 saturated heterocycles. The van der Waals surface area contributed by atoms with Gasteiger partial charge in [-0.3, -0.25) is 0 Å². The molecule has 0 bridgehead atoms. The highest BCUT2D eigenvalue weighted by molar-refractivity contribution is 9.10. The molecule has 2 aromatic rings. The molecule has 3 nitrogen and oxygen atoms in total. The van der Waals surface area contributed by atoms with Crippen LogP contribution in [0.2, 0.25) is 0 Å². The van der Waals surface area contributed by atoms with E-state index in [9.17, 15) is 4.79 Å². The summed E-state index contributed by atoms with van der Waals surface area (Å²) in [6.45, 7) is 5.12. The number of hydrogen-bond donors (Lipinski definition) is 0. The number of para-hydroxylation sites is 1. The highest BCUT2D eigenvalue weighted by Crippen LogP contribution is 2.28. The van der Waals surface area contributed by atoms with Crippen LogP contribution in [-0.4, -0.2) is 17.1 Å². The first-order valence-electron chi connectivity index (χ1n) is 6.13. The summed E-state index contributed by atoms with van der Waals surface area (Å²) in [5, 5.41) is 1.06. The predicted octanol–water partition coefficient (Wildman–Crippen LogP) is 3.99. The van der Waals surface area contributed by atoms with Gasteiger partial charge in [0.15, 0.2) is 0 Å². The SMILES string of the molecule is CCCn1c(C(=O)OCC)cc2cccc(Br)c21. The number of fused-ring (bicyclic) bond motifs is 1. The second-order valence-electron chi connectivity index (χ2n) is 4.08. The number of hydrogen-bond acceptors (Lipinski definition) is 2. The Kier molecular flexibility index (Phi) is 4.07. The van der Waals surface area contributed by atoms with Crippen molar-refractivity contribution in [1.82, 2.24) is 4.57 Å². The Balaban J connectivity index is 2.62. The number of rotatable bonds is 4. The Morgan fingerprint density at radius 2 is 2.17 bits per heavy atom. The number of ether oxygens (including phenoxy) is 1. The van der Waals surface area contributed by atoms with E-state index >= 15 is 0 Å². The number of aromatic nitrogens is 1. The molecule has 0 fully saturated rings. The number of aryl methyl sites for hydroxylation is 1. The highest BCUT2D eigenvalue weighted by atomic mass is 79.9. The van der Waals surface area contributed by atoms with Gasteiger partial charge in [-0.1, -0.05) is 19.1 Å². The van der Waals surface area contributed by atoms with E-state index in [0.29, 0.717) is 12.3 Å². The molecule has 0 unspecified atom stereocenters. The highest BCUT2D eigenvalue weighted by Gasteiger charge is 2.17. The average molecular weight is 310 g/mol. The van der Waals surface area contributed by atoms with Gasteiger partial charge in [0.05, 0.1) is 12.1 Å². The Labute approximate surface area is 115 Å². The van der Waals surface area contributed by atoms with Crippen LogP contribution >= 0.6 is 15.9 Å². The van der Waals surface area contributed by atoms with E-state index in [4.69, 9.17) is 4.74 Å². The molecular weight excluding hydrogens is 294 g/mol. The van der Waals surface area contributed by atoms with Crippen molar-refractivity contribution in [1.29, 1.82) is 0 Å². The summed E-state index contributed by atoms with van der Waals surface area (Å²) in [5.74, 6) is -0.256. The van der Waals surface area contributed by atoms with Gasteiger partial charge in [-0.15, -0.1) is 0 Å². The summed E-state index contributed by atoms with van der Waals surface area (Å²) in [4.78, 5) is 12.0. The summed E-state index contributed by atoms with van der Waals surface area (Å²) in [6, 6.07) is 7.86. The van der Waals surface area contributed by atoms with Crippen molar-refractivity contribution in [2.24, 2.45) is 0 Å². The Hall–Kier alpha value is -1.29. The van der Waals surface area contributed by atoms with E-state index in [1.54, 1.807) is 0 Å². The molecule has 0 spiro atoms. The molecular formula is C14H16BrNO2. The van der Waals surface area contributed by atoms with Gasteiger partial charge in [0.2, 0.25) is 0 Å². The van der Waals surface area contributed by atoms with Crippen molar-refractivity contribution in [3.05, 3.63) is 34.4 Å². The third-order valence-electron chi connectivity index (χ3n) is 2.80. The smallest absolute Gasteiger partial charge is 0.354 e. The Morgan fingerprint density at radius 3 is 2.83 bits per heavy atom. The molecule has 0 amide bonds. The molecule has 0 aliphatic heterocycles. The fraction of sp³-hybridized carbons (Fsp3) is 0.357. The molecule has 0 saturated carbocycles. The largest absolute Gasteiger partial charge is 0.461 e. The summed E-state index contributed by atoms with van der Waals surface area (Å²) >= 11 is 3.55. The standard InChI is InChI=1S/C14H16BrNO2/c1-3-8-16-12(14(17)18-4-2)9-10-6-5-7-11(15)13(10)16/h5-7,9H,3-4,8H2,1-2H3. The first kappa shape index (κ1) is 13.1. The van der Waals surface area contributed by atoms with Crippen LogP contribution in [0, 0.1) is 0 Å². The van der Waals surface area contributed by atoms with Crippen LogP contribution in [-0.2, 0) is 11.3 Å². The van der Waals surface area contributed by atoms with E-state index in [0.717, 1.165) is 28.3 Å². The van der Waals surface area contributed by atoms with Crippen molar-refractivity contribution in [2.75, 3.05) is 6.61 Å².